The Morgan fingerprint density at radius 3 is 2.55 bits per heavy atom. The summed E-state index contributed by atoms with van der Waals surface area (Å²) in [7, 11) is -1.51. The summed E-state index contributed by atoms with van der Waals surface area (Å²) in [5.74, 6) is 0.0162. The fourth-order valence-electron chi connectivity index (χ4n) is 3.67. The zero-order valence-corrected chi connectivity index (χ0v) is 19.4. The van der Waals surface area contributed by atoms with Crippen molar-refractivity contribution < 1.29 is 8.42 Å². The summed E-state index contributed by atoms with van der Waals surface area (Å²) in [6.07, 6.45) is 1.77. The smallest absolute Gasteiger partial charge is 0.250 e. The van der Waals surface area contributed by atoms with Crippen LogP contribution in [-0.2, 0) is 29.2 Å². The van der Waals surface area contributed by atoms with Crippen molar-refractivity contribution >= 4 is 38.8 Å². The molecule has 3 aromatic rings. The molecule has 0 saturated carbocycles. The largest absolute Gasteiger partial charge is 0.318 e. The van der Waals surface area contributed by atoms with Crippen LogP contribution in [0.15, 0.2) is 58.4 Å². The predicted molar refractivity (Wildman–Crippen MR) is 126 cm³/mol. The molecule has 1 aliphatic heterocycles. The van der Waals surface area contributed by atoms with E-state index in [0.717, 1.165) is 22.3 Å². The molecule has 0 spiro atoms. The molecule has 160 valence electrons. The van der Waals surface area contributed by atoms with E-state index in [0.29, 0.717) is 33.4 Å². The number of hydrogen-bond donors (Lipinski definition) is 0. The van der Waals surface area contributed by atoms with Crippen LogP contribution >= 0.6 is 23.2 Å². The lowest BCUT2D eigenvalue weighted by Crippen LogP contribution is -2.16. The number of hydrogen-bond acceptors (Lipinski definition) is 4. The van der Waals surface area contributed by atoms with Crippen LogP contribution in [0.4, 0.5) is 0 Å². The van der Waals surface area contributed by atoms with Crippen LogP contribution in [0, 0.1) is 0 Å². The number of pyridine rings is 1. The molecule has 0 atom stereocenters. The number of fused-ring (bicyclic) bond motifs is 3. The Morgan fingerprint density at radius 2 is 1.81 bits per heavy atom. The van der Waals surface area contributed by atoms with Gasteiger partial charge in [-0.2, -0.15) is 0 Å². The second-order valence-electron chi connectivity index (χ2n) is 7.48. The third-order valence-electron chi connectivity index (χ3n) is 5.38. The molecule has 0 amide bonds. The van der Waals surface area contributed by atoms with E-state index >= 15 is 0 Å². The van der Waals surface area contributed by atoms with Crippen molar-refractivity contribution in [1.82, 2.24) is 4.57 Å². The van der Waals surface area contributed by atoms with E-state index in [4.69, 9.17) is 28.2 Å². The number of halogens is 2. The van der Waals surface area contributed by atoms with Crippen LogP contribution in [0.1, 0.15) is 29.2 Å². The van der Waals surface area contributed by atoms with E-state index in [1.807, 2.05) is 24.3 Å². The third-order valence-corrected chi connectivity index (χ3v) is 7.86. The van der Waals surface area contributed by atoms with Crippen LogP contribution in [-0.4, -0.2) is 24.4 Å². The van der Waals surface area contributed by atoms with Crippen LogP contribution in [0.2, 0.25) is 10.0 Å². The first-order chi connectivity index (χ1) is 14.7. The van der Waals surface area contributed by atoms with Crippen LogP contribution in [0.5, 0.6) is 0 Å². The van der Waals surface area contributed by atoms with Crippen molar-refractivity contribution in [3.05, 3.63) is 91.3 Å². The maximum atomic E-state index is 12.3. The van der Waals surface area contributed by atoms with Crippen molar-refractivity contribution in [2.24, 2.45) is 12.0 Å². The molecule has 5 nitrogen and oxygen atoms in total. The van der Waals surface area contributed by atoms with Gasteiger partial charge in [0, 0.05) is 41.8 Å². The van der Waals surface area contributed by atoms with Crippen LogP contribution < -0.4 is 5.56 Å². The molecule has 1 aliphatic rings. The van der Waals surface area contributed by atoms with Gasteiger partial charge in [0.2, 0.25) is 0 Å². The Morgan fingerprint density at radius 1 is 1.03 bits per heavy atom. The fourth-order valence-corrected chi connectivity index (χ4v) is 4.96. The highest BCUT2D eigenvalue weighted by molar-refractivity contribution is 7.90. The van der Waals surface area contributed by atoms with E-state index in [-0.39, 0.29) is 17.1 Å². The van der Waals surface area contributed by atoms with Gasteiger partial charge in [0.05, 0.1) is 28.1 Å². The minimum absolute atomic E-state index is 0.0533. The number of nitrogens with zero attached hydrogens (tertiary/aromatic N) is 2. The lowest BCUT2D eigenvalue weighted by Gasteiger charge is -2.15. The normalized spacial score (nSPS) is 13.2. The van der Waals surface area contributed by atoms with E-state index in [1.165, 1.54) is 4.57 Å². The van der Waals surface area contributed by atoms with Crippen LogP contribution in [0.3, 0.4) is 0 Å². The number of aliphatic imine (C=N–C) groups is 1. The molecule has 1 aromatic heterocycles. The molecule has 0 aliphatic carbocycles. The average Bonchev–Trinajstić information content (AvgIpc) is 2.87. The first kappa shape index (κ1) is 21.8. The lowest BCUT2D eigenvalue weighted by atomic mass is 9.92. The Hall–Kier alpha value is -2.41. The summed E-state index contributed by atoms with van der Waals surface area (Å²) < 4.78 is 25.9. The standard InChI is InChI=1S/C23H20Cl2N2O3S/c1-3-31(29,30)13-14-7-8-16-18(9-14)19-12-27(2)21(28)10-15(19)11-26-23(16)17-5-4-6-20(24)22(17)25/h4-10,12H,3,11,13H2,1-2H3. The Bertz CT molecular complexity index is 1390. The summed E-state index contributed by atoms with van der Waals surface area (Å²) in [6, 6.07) is 12.5. The molecule has 0 radical (unpaired) electrons. The van der Waals surface area contributed by atoms with Crippen molar-refractivity contribution in [2.75, 3.05) is 5.75 Å². The molecular weight excluding hydrogens is 455 g/mol. The van der Waals surface area contributed by atoms with Crippen molar-refractivity contribution in [3.63, 3.8) is 0 Å². The summed E-state index contributed by atoms with van der Waals surface area (Å²) in [6.45, 7) is 1.93. The second-order valence-corrected chi connectivity index (χ2v) is 10.6. The SMILES string of the molecule is CCS(=O)(=O)Cc1ccc2c(c1)-c1cn(C)c(=O)cc1CN=C2c1cccc(Cl)c1Cl. The molecular formula is C23H20Cl2N2O3S. The van der Waals surface area contributed by atoms with Gasteiger partial charge in [-0.3, -0.25) is 9.79 Å². The molecule has 0 fully saturated rings. The summed E-state index contributed by atoms with van der Waals surface area (Å²) in [5.41, 5.74) is 5.10. The maximum absolute atomic E-state index is 12.3. The summed E-state index contributed by atoms with van der Waals surface area (Å²) >= 11 is 12.7. The monoisotopic (exact) mass is 474 g/mol. The molecule has 4 rings (SSSR count). The van der Waals surface area contributed by atoms with Gasteiger partial charge in [0.25, 0.3) is 5.56 Å². The fraction of sp³-hybridized carbons (Fsp3) is 0.217. The summed E-state index contributed by atoms with van der Waals surface area (Å²) in [5, 5.41) is 0.816. The van der Waals surface area contributed by atoms with E-state index in [2.05, 4.69) is 0 Å². The zero-order chi connectivity index (χ0) is 22.3. The topological polar surface area (TPSA) is 68.5 Å². The molecule has 8 heteroatoms. The highest BCUT2D eigenvalue weighted by Crippen LogP contribution is 2.36. The number of aryl methyl sites for hydroxylation is 1. The second kappa shape index (κ2) is 8.26. The van der Waals surface area contributed by atoms with E-state index in [1.54, 1.807) is 38.4 Å². The van der Waals surface area contributed by atoms with E-state index in [9.17, 15) is 13.2 Å². The Balaban J connectivity index is 1.99. The molecule has 0 saturated heterocycles. The van der Waals surface area contributed by atoms with Gasteiger partial charge < -0.3 is 4.57 Å². The van der Waals surface area contributed by atoms with E-state index < -0.39 is 9.84 Å². The van der Waals surface area contributed by atoms with Gasteiger partial charge in [-0.15, -0.1) is 0 Å². The zero-order valence-electron chi connectivity index (χ0n) is 17.0. The molecule has 2 aromatic carbocycles. The maximum Gasteiger partial charge on any atom is 0.250 e. The molecule has 0 bridgehead atoms. The molecule has 0 unspecified atom stereocenters. The van der Waals surface area contributed by atoms with Gasteiger partial charge >= 0.3 is 0 Å². The first-order valence-corrected chi connectivity index (χ1v) is 12.3. The Labute approximate surface area is 190 Å². The van der Waals surface area contributed by atoms with Gasteiger partial charge in [0.15, 0.2) is 9.84 Å². The lowest BCUT2D eigenvalue weighted by molar-refractivity contribution is 0.596. The van der Waals surface area contributed by atoms with Gasteiger partial charge in [-0.05, 0) is 28.8 Å². The highest BCUT2D eigenvalue weighted by atomic mass is 35.5. The first-order valence-electron chi connectivity index (χ1n) is 9.72. The van der Waals surface area contributed by atoms with Crippen molar-refractivity contribution in [1.29, 1.82) is 0 Å². The molecule has 2 heterocycles. The number of benzene rings is 2. The number of aromatic nitrogens is 1. The van der Waals surface area contributed by atoms with Gasteiger partial charge in [0.1, 0.15) is 0 Å². The predicted octanol–water partition coefficient (Wildman–Crippen LogP) is 4.64. The van der Waals surface area contributed by atoms with Crippen molar-refractivity contribution in [3.8, 4) is 11.1 Å². The molecule has 0 N–H and O–H groups in total. The Kier molecular flexibility index (Phi) is 5.81. The summed E-state index contributed by atoms with van der Waals surface area (Å²) in [4.78, 5) is 17.0. The number of sulfone groups is 1. The average molecular weight is 475 g/mol. The van der Waals surface area contributed by atoms with Crippen molar-refractivity contribution in [2.45, 2.75) is 19.2 Å². The third kappa shape index (κ3) is 4.20. The quantitative estimate of drug-likeness (QED) is 0.552. The minimum atomic E-state index is -3.20. The van der Waals surface area contributed by atoms with Gasteiger partial charge in [-0.25, -0.2) is 8.42 Å². The minimum Gasteiger partial charge on any atom is -0.318 e. The molecule has 31 heavy (non-hydrogen) atoms. The van der Waals surface area contributed by atoms with Crippen LogP contribution in [0.25, 0.3) is 11.1 Å². The number of rotatable bonds is 4. The highest BCUT2D eigenvalue weighted by Gasteiger charge is 2.23. The van der Waals surface area contributed by atoms with Gasteiger partial charge in [-0.1, -0.05) is 54.4 Å².